The lowest BCUT2D eigenvalue weighted by atomic mass is 10.3. The van der Waals surface area contributed by atoms with E-state index in [2.05, 4.69) is 4.98 Å². The van der Waals surface area contributed by atoms with Gasteiger partial charge in [-0.05, 0) is 18.6 Å². The van der Waals surface area contributed by atoms with Gasteiger partial charge in [0.05, 0.1) is 18.7 Å². The Labute approximate surface area is 128 Å². The van der Waals surface area contributed by atoms with Gasteiger partial charge in [0.25, 0.3) is 0 Å². The summed E-state index contributed by atoms with van der Waals surface area (Å²) in [5.74, 6) is 0.893. The first-order valence-electron chi connectivity index (χ1n) is 6.77. The van der Waals surface area contributed by atoms with Crippen LogP contribution >= 0.6 is 11.3 Å². The maximum Gasteiger partial charge on any atom is 0.228 e. The smallest absolute Gasteiger partial charge is 0.228 e. The van der Waals surface area contributed by atoms with E-state index in [1.807, 2.05) is 35.7 Å². The first-order chi connectivity index (χ1) is 10.1. The zero-order chi connectivity index (χ0) is 15.1. The van der Waals surface area contributed by atoms with Gasteiger partial charge in [-0.1, -0.05) is 18.2 Å². The molecular weight excluding hydrogens is 286 g/mol. The molecule has 0 aliphatic rings. The van der Waals surface area contributed by atoms with Crippen LogP contribution in [-0.2, 0) is 11.2 Å². The minimum atomic E-state index is 0.0417. The Morgan fingerprint density at radius 1 is 1.38 bits per heavy atom. The van der Waals surface area contributed by atoms with Crippen molar-refractivity contribution in [2.45, 2.75) is 12.8 Å². The number of aromatic nitrogens is 1. The normalized spacial score (nSPS) is 10.3. The molecule has 1 amide bonds. The van der Waals surface area contributed by atoms with E-state index in [-0.39, 0.29) is 5.91 Å². The van der Waals surface area contributed by atoms with Gasteiger partial charge in [0.2, 0.25) is 5.91 Å². The minimum absolute atomic E-state index is 0.0417. The molecule has 1 aromatic heterocycles. The van der Waals surface area contributed by atoms with Gasteiger partial charge in [-0.3, -0.25) is 4.79 Å². The molecule has 2 N–H and O–H groups in total. The maximum absolute atomic E-state index is 12.0. The molecule has 2 rings (SSSR count). The lowest BCUT2D eigenvalue weighted by Gasteiger charge is -2.16. The second kappa shape index (κ2) is 7.64. The fourth-order valence-corrected chi connectivity index (χ4v) is 2.39. The summed E-state index contributed by atoms with van der Waals surface area (Å²) in [7, 11) is 1.79. The Hall–Kier alpha value is -2.08. The van der Waals surface area contributed by atoms with E-state index in [0.29, 0.717) is 24.7 Å². The lowest BCUT2D eigenvalue weighted by molar-refractivity contribution is -0.129. The van der Waals surface area contributed by atoms with Gasteiger partial charge >= 0.3 is 0 Å². The predicted octanol–water partition coefficient (Wildman–Crippen LogP) is 2.20. The summed E-state index contributed by atoms with van der Waals surface area (Å²) in [6.07, 6.45) is 1.08. The number of para-hydroxylation sites is 1. The molecule has 112 valence electrons. The molecule has 0 fully saturated rings. The predicted molar refractivity (Wildman–Crippen MR) is 84.4 cm³/mol. The Balaban J connectivity index is 1.67. The van der Waals surface area contributed by atoms with Crippen molar-refractivity contribution in [3.05, 3.63) is 41.4 Å². The molecule has 6 heteroatoms. The number of carbonyl (C=O) groups is 1. The molecule has 2 aromatic rings. The van der Waals surface area contributed by atoms with Gasteiger partial charge in [-0.15, -0.1) is 11.3 Å². The van der Waals surface area contributed by atoms with Gasteiger partial charge in [0.1, 0.15) is 5.75 Å². The molecule has 0 spiro atoms. The van der Waals surface area contributed by atoms with Crippen molar-refractivity contribution in [2.24, 2.45) is 0 Å². The SMILES string of the molecule is CN(CCCOc1ccccc1)C(=O)Cc1csc(N)n1. The van der Waals surface area contributed by atoms with Crippen LogP contribution in [0.2, 0.25) is 0 Å². The Morgan fingerprint density at radius 3 is 2.81 bits per heavy atom. The summed E-state index contributed by atoms with van der Waals surface area (Å²) < 4.78 is 5.59. The Bertz CT molecular complexity index is 571. The standard InChI is InChI=1S/C15H19N3O2S/c1-18(14(19)10-12-11-21-15(16)17-12)8-5-9-20-13-6-3-2-4-7-13/h2-4,6-7,11H,5,8-10H2,1H3,(H2,16,17). The number of ether oxygens (including phenoxy) is 1. The number of carbonyl (C=O) groups excluding carboxylic acids is 1. The quantitative estimate of drug-likeness (QED) is 0.796. The highest BCUT2D eigenvalue weighted by Gasteiger charge is 2.11. The number of anilines is 1. The summed E-state index contributed by atoms with van der Waals surface area (Å²) >= 11 is 1.35. The fourth-order valence-electron chi connectivity index (χ4n) is 1.83. The number of amides is 1. The number of nitrogens with zero attached hydrogens (tertiary/aromatic N) is 2. The average molecular weight is 305 g/mol. The van der Waals surface area contributed by atoms with E-state index in [1.54, 1.807) is 11.9 Å². The molecule has 1 aromatic carbocycles. The maximum atomic E-state index is 12.0. The summed E-state index contributed by atoms with van der Waals surface area (Å²) in [6.45, 7) is 1.25. The van der Waals surface area contributed by atoms with E-state index in [0.717, 1.165) is 17.9 Å². The third-order valence-electron chi connectivity index (χ3n) is 2.98. The Kier molecular flexibility index (Phi) is 5.57. The molecule has 0 saturated heterocycles. The monoisotopic (exact) mass is 305 g/mol. The topological polar surface area (TPSA) is 68.5 Å². The largest absolute Gasteiger partial charge is 0.494 e. The number of likely N-dealkylation sites (N-methyl/N-ethyl adjacent to an activating group) is 1. The van der Waals surface area contributed by atoms with E-state index < -0.39 is 0 Å². The van der Waals surface area contributed by atoms with Gasteiger partial charge < -0.3 is 15.4 Å². The third-order valence-corrected chi connectivity index (χ3v) is 3.70. The van der Waals surface area contributed by atoms with E-state index in [4.69, 9.17) is 10.5 Å². The number of thiazole rings is 1. The summed E-state index contributed by atoms with van der Waals surface area (Å²) in [5, 5.41) is 2.32. The van der Waals surface area contributed by atoms with Crippen LogP contribution in [0.3, 0.4) is 0 Å². The second-order valence-electron chi connectivity index (χ2n) is 4.68. The van der Waals surface area contributed by atoms with Crippen LogP contribution in [0.4, 0.5) is 5.13 Å². The molecule has 5 nitrogen and oxygen atoms in total. The zero-order valence-electron chi connectivity index (χ0n) is 12.0. The molecule has 0 aliphatic carbocycles. The highest BCUT2D eigenvalue weighted by molar-refractivity contribution is 7.13. The molecule has 0 atom stereocenters. The molecule has 0 radical (unpaired) electrons. The van der Waals surface area contributed by atoms with Crippen molar-refractivity contribution in [3.8, 4) is 5.75 Å². The van der Waals surface area contributed by atoms with E-state index >= 15 is 0 Å². The highest BCUT2D eigenvalue weighted by Crippen LogP contribution is 2.12. The molecule has 0 aliphatic heterocycles. The Morgan fingerprint density at radius 2 is 2.14 bits per heavy atom. The van der Waals surface area contributed by atoms with Crippen molar-refractivity contribution < 1.29 is 9.53 Å². The van der Waals surface area contributed by atoms with E-state index in [1.165, 1.54) is 11.3 Å². The number of hydrogen-bond donors (Lipinski definition) is 1. The first kappa shape index (κ1) is 15.3. The lowest BCUT2D eigenvalue weighted by Crippen LogP contribution is -2.30. The number of rotatable bonds is 7. The first-order valence-corrected chi connectivity index (χ1v) is 7.65. The molecular formula is C15H19N3O2S. The van der Waals surface area contributed by atoms with Gasteiger partial charge in [0.15, 0.2) is 5.13 Å². The number of benzene rings is 1. The minimum Gasteiger partial charge on any atom is -0.494 e. The van der Waals surface area contributed by atoms with Gasteiger partial charge in [0, 0.05) is 19.0 Å². The van der Waals surface area contributed by atoms with Crippen molar-refractivity contribution in [1.29, 1.82) is 0 Å². The fraction of sp³-hybridized carbons (Fsp3) is 0.333. The molecule has 0 unspecified atom stereocenters. The molecule has 0 saturated carbocycles. The molecule has 21 heavy (non-hydrogen) atoms. The van der Waals surface area contributed by atoms with Crippen LogP contribution in [0.1, 0.15) is 12.1 Å². The molecule has 0 bridgehead atoms. The van der Waals surface area contributed by atoms with Crippen LogP contribution in [0.25, 0.3) is 0 Å². The average Bonchev–Trinajstić information content (AvgIpc) is 2.89. The zero-order valence-corrected chi connectivity index (χ0v) is 12.8. The van der Waals surface area contributed by atoms with Crippen molar-refractivity contribution in [2.75, 3.05) is 25.9 Å². The van der Waals surface area contributed by atoms with Crippen molar-refractivity contribution in [3.63, 3.8) is 0 Å². The third kappa shape index (κ3) is 5.07. The van der Waals surface area contributed by atoms with Gasteiger partial charge in [-0.2, -0.15) is 0 Å². The van der Waals surface area contributed by atoms with E-state index in [9.17, 15) is 4.79 Å². The second-order valence-corrected chi connectivity index (χ2v) is 5.57. The molecule has 1 heterocycles. The van der Waals surface area contributed by atoms with Crippen molar-refractivity contribution in [1.82, 2.24) is 9.88 Å². The van der Waals surface area contributed by atoms with Crippen LogP contribution in [0.15, 0.2) is 35.7 Å². The summed E-state index contributed by atoms with van der Waals surface area (Å²) in [5.41, 5.74) is 6.28. The van der Waals surface area contributed by atoms with Crippen molar-refractivity contribution >= 4 is 22.4 Å². The number of nitrogens with two attached hydrogens (primary N) is 1. The van der Waals surface area contributed by atoms with Crippen LogP contribution in [-0.4, -0.2) is 36.0 Å². The van der Waals surface area contributed by atoms with Crippen LogP contribution in [0.5, 0.6) is 5.75 Å². The number of nitrogen functional groups attached to an aromatic ring is 1. The highest BCUT2D eigenvalue weighted by atomic mass is 32.1. The van der Waals surface area contributed by atoms with Gasteiger partial charge in [-0.25, -0.2) is 4.98 Å². The van der Waals surface area contributed by atoms with Crippen LogP contribution < -0.4 is 10.5 Å². The van der Waals surface area contributed by atoms with Crippen LogP contribution in [0, 0.1) is 0 Å². The summed E-state index contributed by atoms with van der Waals surface area (Å²) in [6, 6.07) is 9.66. The summed E-state index contributed by atoms with van der Waals surface area (Å²) in [4.78, 5) is 17.8. The number of hydrogen-bond acceptors (Lipinski definition) is 5.